The molecule has 0 bridgehead atoms. The van der Waals surface area contributed by atoms with Gasteiger partial charge in [0.25, 0.3) is 0 Å². The lowest BCUT2D eigenvalue weighted by Crippen LogP contribution is -2.52. The summed E-state index contributed by atoms with van der Waals surface area (Å²) in [7, 11) is 4.88. The van der Waals surface area contributed by atoms with Gasteiger partial charge in [-0.3, -0.25) is 14.9 Å². The first kappa shape index (κ1) is 35.1. The van der Waals surface area contributed by atoms with Crippen LogP contribution in [0.5, 0.6) is 0 Å². The van der Waals surface area contributed by atoms with Crippen molar-refractivity contribution >= 4 is 23.2 Å². The molecule has 2 amide bonds. The maximum absolute atomic E-state index is 13.8. The van der Waals surface area contributed by atoms with E-state index in [-0.39, 0.29) is 42.8 Å². The summed E-state index contributed by atoms with van der Waals surface area (Å²) >= 11 is 1.57. The topological polar surface area (TPSA) is 130 Å². The van der Waals surface area contributed by atoms with Crippen molar-refractivity contribution in [3.63, 3.8) is 0 Å². The standard InChI is InChI=1S/C32H51N5O5S/c1-7-21(2)29(36(4)28(39)20-33)26(41-5)19-27(38)37-16-11-14-25(37)30(42-6)22(3)31(40)35-24(32-34-15-17-43-32)18-23-12-9-8-10-13-23/h9,12-13,15,17,22,24-26,30-31,35,40H,7-8,10-11,14,16,18-20,33H2,1-6H3/b29-21+/t22-,24+,25+,26-,30-,31?/m1/s1. The van der Waals surface area contributed by atoms with Gasteiger partial charge in [0.05, 0.1) is 31.2 Å². The largest absolute Gasteiger partial charge is 0.379 e. The molecule has 2 heterocycles. The number of carbonyl (C=O) groups excluding carboxylic acids is 2. The van der Waals surface area contributed by atoms with E-state index in [1.807, 2.05) is 31.1 Å². The third kappa shape index (κ3) is 9.06. The zero-order valence-corrected chi connectivity index (χ0v) is 27.4. The molecule has 2 aliphatic rings. The molecule has 11 heteroatoms. The van der Waals surface area contributed by atoms with Crippen LogP contribution < -0.4 is 11.1 Å². The summed E-state index contributed by atoms with van der Waals surface area (Å²) < 4.78 is 11.8. The summed E-state index contributed by atoms with van der Waals surface area (Å²) in [4.78, 5) is 34.2. The molecule has 43 heavy (non-hydrogen) atoms. The fourth-order valence-electron chi connectivity index (χ4n) is 6.18. The van der Waals surface area contributed by atoms with Crippen molar-refractivity contribution in [2.24, 2.45) is 11.7 Å². The van der Waals surface area contributed by atoms with Crippen molar-refractivity contribution < 1.29 is 24.2 Å². The van der Waals surface area contributed by atoms with Crippen molar-refractivity contribution in [1.29, 1.82) is 0 Å². The van der Waals surface area contributed by atoms with E-state index in [4.69, 9.17) is 15.2 Å². The highest BCUT2D eigenvalue weighted by Gasteiger charge is 2.41. The number of aliphatic hydroxyl groups is 1. The van der Waals surface area contributed by atoms with Crippen molar-refractivity contribution in [2.75, 3.05) is 34.4 Å². The summed E-state index contributed by atoms with van der Waals surface area (Å²) in [6.45, 7) is 6.38. The number of nitrogens with two attached hydrogens (primary N) is 1. The number of allylic oxidation sites excluding steroid dienone is 4. The third-order valence-electron chi connectivity index (χ3n) is 8.75. The van der Waals surface area contributed by atoms with E-state index < -0.39 is 18.4 Å². The monoisotopic (exact) mass is 617 g/mol. The molecule has 1 aromatic heterocycles. The van der Waals surface area contributed by atoms with Crippen molar-refractivity contribution in [2.45, 2.75) is 96.2 Å². The van der Waals surface area contributed by atoms with Gasteiger partial charge in [0, 0.05) is 51.0 Å². The molecular formula is C32H51N5O5S. The Kier molecular flexibility index (Phi) is 14.0. The normalized spacial score (nSPS) is 21.1. The lowest BCUT2D eigenvalue weighted by atomic mass is 9.93. The second-order valence-electron chi connectivity index (χ2n) is 11.5. The Morgan fingerprint density at radius 2 is 2.07 bits per heavy atom. The second kappa shape index (κ2) is 17.2. The Balaban J connectivity index is 1.75. The van der Waals surface area contributed by atoms with Gasteiger partial charge in [-0.15, -0.1) is 11.3 Å². The van der Waals surface area contributed by atoms with Crippen LogP contribution in [-0.4, -0.2) is 90.5 Å². The molecule has 3 rings (SSSR count). The van der Waals surface area contributed by atoms with Crippen molar-refractivity contribution in [3.8, 4) is 0 Å². The molecule has 0 saturated carbocycles. The number of rotatable bonds is 16. The average Bonchev–Trinajstić information content (AvgIpc) is 3.74. The van der Waals surface area contributed by atoms with Crippen LogP contribution in [-0.2, 0) is 19.1 Å². The van der Waals surface area contributed by atoms with Crippen LogP contribution in [0.3, 0.4) is 0 Å². The first-order chi connectivity index (χ1) is 20.7. The Labute approximate surface area is 261 Å². The molecular weight excluding hydrogens is 566 g/mol. The number of aliphatic hydroxyl groups excluding tert-OH is 1. The number of thiazole rings is 1. The number of hydrogen-bond acceptors (Lipinski definition) is 9. The van der Waals surface area contributed by atoms with Gasteiger partial charge >= 0.3 is 0 Å². The van der Waals surface area contributed by atoms with E-state index in [0.717, 1.165) is 42.7 Å². The number of carbonyl (C=O) groups is 2. The van der Waals surface area contributed by atoms with Crippen LogP contribution >= 0.6 is 11.3 Å². The highest BCUT2D eigenvalue weighted by atomic mass is 32.1. The fourth-order valence-corrected chi connectivity index (χ4v) is 6.88. The van der Waals surface area contributed by atoms with Gasteiger partial charge in [-0.1, -0.05) is 43.2 Å². The Hall–Kier alpha value is -2.41. The highest BCUT2D eigenvalue weighted by Crippen LogP contribution is 2.32. The van der Waals surface area contributed by atoms with E-state index in [1.165, 1.54) is 10.5 Å². The summed E-state index contributed by atoms with van der Waals surface area (Å²) in [5.41, 5.74) is 8.51. The number of nitrogens with zero attached hydrogens (tertiary/aromatic N) is 3. The van der Waals surface area contributed by atoms with E-state index in [2.05, 4.69) is 28.5 Å². The van der Waals surface area contributed by atoms with Crippen LogP contribution in [0.1, 0.15) is 76.8 Å². The molecule has 240 valence electrons. The molecule has 1 fully saturated rings. The van der Waals surface area contributed by atoms with E-state index in [0.29, 0.717) is 18.7 Å². The number of likely N-dealkylation sites (tertiary alicyclic amines) is 1. The van der Waals surface area contributed by atoms with Crippen LogP contribution in [0.4, 0.5) is 0 Å². The van der Waals surface area contributed by atoms with E-state index in [1.54, 1.807) is 38.8 Å². The van der Waals surface area contributed by atoms with Gasteiger partial charge in [0.1, 0.15) is 17.3 Å². The summed E-state index contributed by atoms with van der Waals surface area (Å²) in [6.07, 6.45) is 11.7. The van der Waals surface area contributed by atoms with E-state index in [9.17, 15) is 14.7 Å². The first-order valence-electron chi connectivity index (χ1n) is 15.4. The van der Waals surface area contributed by atoms with Crippen molar-refractivity contribution in [3.05, 3.63) is 51.7 Å². The first-order valence-corrected chi connectivity index (χ1v) is 16.2. The number of ether oxygens (including phenoxy) is 2. The molecule has 1 aliphatic heterocycles. The molecule has 0 spiro atoms. The van der Waals surface area contributed by atoms with Crippen LogP contribution in [0.25, 0.3) is 0 Å². The summed E-state index contributed by atoms with van der Waals surface area (Å²) in [5, 5.41) is 17.8. The predicted octanol–water partition coefficient (Wildman–Crippen LogP) is 3.91. The predicted molar refractivity (Wildman–Crippen MR) is 170 cm³/mol. The number of methoxy groups -OCH3 is 2. The minimum atomic E-state index is -0.881. The maximum atomic E-state index is 13.8. The molecule has 4 N–H and O–H groups in total. The zero-order valence-electron chi connectivity index (χ0n) is 26.6. The Bertz CT molecular complexity index is 1140. The van der Waals surface area contributed by atoms with Gasteiger partial charge in [0.2, 0.25) is 11.8 Å². The number of aromatic nitrogens is 1. The second-order valence-corrected chi connectivity index (χ2v) is 12.4. The SMILES string of the molecule is CC/C(C)=C(\[C@@H](CC(=O)N1CCC[C@H]1[C@H](OC)[C@@H](C)C(O)N[C@@H](CC1=CCCC=C1)c1nccs1)OC)N(C)C(=O)CN. The number of hydrogen-bond donors (Lipinski definition) is 3. The minimum Gasteiger partial charge on any atom is -0.379 e. The van der Waals surface area contributed by atoms with Crippen LogP contribution in [0.15, 0.2) is 46.6 Å². The average molecular weight is 618 g/mol. The summed E-state index contributed by atoms with van der Waals surface area (Å²) in [5.74, 6) is -0.623. The molecule has 1 aromatic rings. The molecule has 1 unspecified atom stereocenters. The Morgan fingerprint density at radius 1 is 1.30 bits per heavy atom. The Morgan fingerprint density at radius 3 is 2.65 bits per heavy atom. The lowest BCUT2D eigenvalue weighted by Gasteiger charge is -2.38. The van der Waals surface area contributed by atoms with Gasteiger partial charge < -0.3 is 30.1 Å². The minimum absolute atomic E-state index is 0.0715. The van der Waals surface area contributed by atoms with Crippen LogP contribution in [0.2, 0.25) is 0 Å². The third-order valence-corrected chi connectivity index (χ3v) is 9.64. The maximum Gasteiger partial charge on any atom is 0.240 e. The number of nitrogens with one attached hydrogen (secondary N) is 1. The van der Waals surface area contributed by atoms with E-state index >= 15 is 0 Å². The molecule has 0 aromatic carbocycles. The zero-order chi connectivity index (χ0) is 31.5. The number of likely N-dealkylation sites (N-methyl/N-ethyl adjacent to an activating group) is 1. The molecule has 10 nitrogen and oxygen atoms in total. The lowest BCUT2D eigenvalue weighted by molar-refractivity contribution is -0.140. The fraction of sp³-hybridized carbons (Fsp3) is 0.656. The smallest absolute Gasteiger partial charge is 0.240 e. The molecule has 1 saturated heterocycles. The van der Waals surface area contributed by atoms with Gasteiger partial charge in [0.15, 0.2) is 0 Å². The van der Waals surface area contributed by atoms with Gasteiger partial charge in [-0.05, 0) is 45.4 Å². The van der Waals surface area contributed by atoms with Crippen LogP contribution in [0, 0.1) is 5.92 Å². The highest BCUT2D eigenvalue weighted by molar-refractivity contribution is 7.09. The number of amides is 2. The molecule has 6 atom stereocenters. The quantitative estimate of drug-likeness (QED) is 0.238. The summed E-state index contributed by atoms with van der Waals surface area (Å²) in [6, 6.07) is -0.347. The molecule has 1 aliphatic carbocycles. The molecule has 0 radical (unpaired) electrons. The van der Waals surface area contributed by atoms with Crippen molar-refractivity contribution in [1.82, 2.24) is 20.1 Å². The van der Waals surface area contributed by atoms with Gasteiger partial charge in [-0.2, -0.15) is 0 Å². The van der Waals surface area contributed by atoms with Gasteiger partial charge in [-0.25, -0.2) is 4.98 Å².